The van der Waals surface area contributed by atoms with Crippen LogP contribution in [0.1, 0.15) is 17.8 Å². The zero-order valence-corrected chi connectivity index (χ0v) is 29.3. The SMILES string of the molecule is [2H]c1c([2H])c([2H])c(-c2c([2H])c([2H])c(N(c3ccc(-c4cccc(-c5cccc6ccccc56)c4)cc3)c3c([2H])c([2H])c(-c4cc5ccccc5c5ccccc45)c([2H])c3[2H])c([2H])c2[2H])c([2H])c1[2H]. The lowest BCUT2D eigenvalue weighted by Gasteiger charge is -2.26. The van der Waals surface area contributed by atoms with E-state index in [0.717, 1.165) is 49.2 Å². The predicted molar refractivity (Wildman–Crippen MR) is 235 cm³/mol. The van der Waals surface area contributed by atoms with Crippen LogP contribution in [-0.4, -0.2) is 0 Å². The van der Waals surface area contributed by atoms with Crippen molar-refractivity contribution in [2.45, 2.75) is 0 Å². The Bertz CT molecular complexity index is 3650. The zero-order valence-electron chi connectivity index (χ0n) is 42.3. The number of hydrogen-bond acceptors (Lipinski definition) is 1. The first kappa shape index (κ1) is 21.5. The fraction of sp³-hybridized carbons (Fsp3) is 0. The lowest BCUT2D eigenvalue weighted by atomic mass is 9.93. The molecule has 0 bridgehead atoms. The molecule has 0 saturated carbocycles. The van der Waals surface area contributed by atoms with Crippen molar-refractivity contribution in [1.29, 1.82) is 0 Å². The molecule has 0 aliphatic rings. The second-order valence-corrected chi connectivity index (χ2v) is 13.1. The van der Waals surface area contributed by atoms with Gasteiger partial charge in [-0.05, 0) is 125 Å². The van der Waals surface area contributed by atoms with Gasteiger partial charge in [0.05, 0.1) is 17.8 Å². The third kappa shape index (κ3) is 6.12. The summed E-state index contributed by atoms with van der Waals surface area (Å²) in [5.74, 6) is 0. The van der Waals surface area contributed by atoms with Gasteiger partial charge in [0, 0.05) is 17.1 Å². The van der Waals surface area contributed by atoms with Crippen molar-refractivity contribution >= 4 is 49.4 Å². The fourth-order valence-corrected chi connectivity index (χ4v) is 7.25. The summed E-state index contributed by atoms with van der Waals surface area (Å²) in [6, 6.07) is 37.9. The molecule has 0 aliphatic heterocycles. The normalized spacial score (nSPS) is 14.6. The molecule has 258 valence electrons. The largest absolute Gasteiger partial charge is 0.311 e. The molecule has 1 heteroatoms. The van der Waals surface area contributed by atoms with Gasteiger partial charge in [0.15, 0.2) is 0 Å². The van der Waals surface area contributed by atoms with Crippen LogP contribution in [0.4, 0.5) is 17.1 Å². The standard InChI is InChI=1S/C54H37N/c1-2-12-38(13-3-1)39-24-30-46(31-25-39)55(48-34-28-42(29-35-48)54-37-45-15-5-7-20-51(45)52-21-8-9-22-53(52)54)47-32-26-40(27-33-47)43-17-10-18-44(36-43)50-23-11-16-41-14-4-6-19-49(41)50/h1-37H/i1D,2D,3D,12D,13D,24D,25D,28D,29D,30D,31D,34D,35D. The topological polar surface area (TPSA) is 3.24 Å². The van der Waals surface area contributed by atoms with E-state index >= 15 is 0 Å². The Kier molecular flexibility index (Phi) is 5.45. The molecule has 10 rings (SSSR count). The minimum Gasteiger partial charge on any atom is -0.311 e. The highest BCUT2D eigenvalue weighted by atomic mass is 15.1. The lowest BCUT2D eigenvalue weighted by molar-refractivity contribution is 1.28. The van der Waals surface area contributed by atoms with E-state index in [-0.39, 0.29) is 16.9 Å². The molecule has 10 aromatic carbocycles. The van der Waals surface area contributed by atoms with Crippen LogP contribution in [0, 0.1) is 0 Å². The van der Waals surface area contributed by atoms with Gasteiger partial charge < -0.3 is 4.90 Å². The quantitative estimate of drug-likeness (QED) is 0.149. The van der Waals surface area contributed by atoms with Crippen molar-refractivity contribution in [1.82, 2.24) is 0 Å². The third-order valence-electron chi connectivity index (χ3n) is 9.88. The second-order valence-electron chi connectivity index (χ2n) is 13.1. The Hall–Kier alpha value is -7.22. The molecule has 0 unspecified atom stereocenters. The van der Waals surface area contributed by atoms with Gasteiger partial charge in [-0.15, -0.1) is 0 Å². The molecule has 1 nitrogen and oxygen atoms in total. The van der Waals surface area contributed by atoms with E-state index in [4.69, 9.17) is 6.85 Å². The summed E-state index contributed by atoms with van der Waals surface area (Å²) in [6.07, 6.45) is 0. The molecule has 0 radical (unpaired) electrons. The van der Waals surface area contributed by atoms with E-state index in [2.05, 4.69) is 30.3 Å². The highest BCUT2D eigenvalue weighted by Crippen LogP contribution is 2.40. The van der Waals surface area contributed by atoms with E-state index in [1.54, 1.807) is 24.3 Å². The van der Waals surface area contributed by atoms with Gasteiger partial charge in [-0.2, -0.15) is 0 Å². The predicted octanol–water partition coefficient (Wildman–Crippen LogP) is 15.3. The maximum absolute atomic E-state index is 9.65. The highest BCUT2D eigenvalue weighted by Gasteiger charge is 2.15. The average Bonchev–Trinajstić information content (AvgIpc) is 3.37. The van der Waals surface area contributed by atoms with Crippen LogP contribution in [0.5, 0.6) is 0 Å². The van der Waals surface area contributed by atoms with Crippen LogP contribution in [0.15, 0.2) is 224 Å². The van der Waals surface area contributed by atoms with Crippen LogP contribution >= 0.6 is 0 Å². The van der Waals surface area contributed by atoms with Crippen molar-refractivity contribution in [3.8, 4) is 44.5 Å². The molecule has 0 amide bonds. The Morgan fingerprint density at radius 1 is 0.291 bits per heavy atom. The minimum atomic E-state index is -0.735. The molecular formula is C54H37N. The highest BCUT2D eigenvalue weighted by molar-refractivity contribution is 6.13. The summed E-state index contributed by atoms with van der Waals surface area (Å²) < 4.78 is 118. The van der Waals surface area contributed by atoms with Crippen molar-refractivity contribution in [3.63, 3.8) is 0 Å². The Labute approximate surface area is 340 Å². The molecule has 0 aliphatic carbocycles. The molecule has 0 heterocycles. The maximum Gasteiger partial charge on any atom is 0.0645 e. The first-order valence-electron chi connectivity index (χ1n) is 24.4. The lowest BCUT2D eigenvalue weighted by Crippen LogP contribution is -2.09. The van der Waals surface area contributed by atoms with Crippen LogP contribution in [-0.2, 0) is 0 Å². The van der Waals surface area contributed by atoms with Gasteiger partial charge in [-0.3, -0.25) is 0 Å². The number of rotatable bonds is 7. The Balaban J connectivity index is 1.20. The molecule has 0 aromatic heterocycles. The van der Waals surface area contributed by atoms with E-state index in [0.29, 0.717) is 10.9 Å². The molecule has 0 atom stereocenters. The van der Waals surface area contributed by atoms with Gasteiger partial charge in [-0.1, -0.05) is 176 Å². The van der Waals surface area contributed by atoms with Crippen molar-refractivity contribution in [3.05, 3.63) is 224 Å². The monoisotopic (exact) mass is 712 g/mol. The molecule has 0 spiro atoms. The Morgan fingerprint density at radius 3 is 1.60 bits per heavy atom. The number of hydrogen-bond donors (Lipinski definition) is 0. The first-order valence-corrected chi connectivity index (χ1v) is 17.9. The second kappa shape index (κ2) is 14.0. The van der Waals surface area contributed by atoms with Crippen molar-refractivity contribution in [2.75, 3.05) is 4.90 Å². The van der Waals surface area contributed by atoms with Gasteiger partial charge in [0.1, 0.15) is 0 Å². The first-order chi connectivity index (χ1) is 32.7. The summed E-state index contributed by atoms with van der Waals surface area (Å²) in [5, 5.41) is 5.53. The van der Waals surface area contributed by atoms with Crippen LogP contribution < -0.4 is 4.90 Å². The Morgan fingerprint density at radius 2 is 0.855 bits per heavy atom. The van der Waals surface area contributed by atoms with E-state index in [1.165, 1.54) is 4.90 Å². The molecular weight excluding hydrogens is 663 g/mol. The van der Waals surface area contributed by atoms with Gasteiger partial charge >= 0.3 is 0 Å². The number of nitrogens with zero attached hydrogens (tertiary/aromatic N) is 1. The fourth-order valence-electron chi connectivity index (χ4n) is 7.25. The molecule has 10 aromatic rings. The van der Waals surface area contributed by atoms with Gasteiger partial charge in [0.2, 0.25) is 0 Å². The summed E-state index contributed by atoms with van der Waals surface area (Å²) >= 11 is 0. The van der Waals surface area contributed by atoms with Crippen molar-refractivity contribution in [2.24, 2.45) is 0 Å². The number of fused-ring (bicyclic) bond motifs is 4. The van der Waals surface area contributed by atoms with Crippen LogP contribution in [0.25, 0.3) is 76.8 Å². The molecule has 0 fully saturated rings. The summed E-state index contributed by atoms with van der Waals surface area (Å²) in [6.45, 7) is 0. The van der Waals surface area contributed by atoms with Crippen molar-refractivity contribution < 1.29 is 17.8 Å². The number of anilines is 3. The summed E-state index contributed by atoms with van der Waals surface area (Å²) in [7, 11) is 0. The zero-order chi connectivity index (χ0) is 47.9. The van der Waals surface area contributed by atoms with Crippen LogP contribution in [0.3, 0.4) is 0 Å². The third-order valence-corrected chi connectivity index (χ3v) is 9.88. The van der Waals surface area contributed by atoms with E-state index in [9.17, 15) is 11.0 Å². The number of benzene rings is 10. The van der Waals surface area contributed by atoms with E-state index in [1.807, 2.05) is 91.0 Å². The van der Waals surface area contributed by atoms with Gasteiger partial charge in [0.25, 0.3) is 0 Å². The summed E-state index contributed by atoms with van der Waals surface area (Å²) in [5.41, 5.74) is 2.50. The molecule has 0 N–H and O–H groups in total. The van der Waals surface area contributed by atoms with E-state index < -0.39 is 95.4 Å². The van der Waals surface area contributed by atoms with Gasteiger partial charge in [-0.25, -0.2) is 0 Å². The smallest absolute Gasteiger partial charge is 0.0645 e. The summed E-state index contributed by atoms with van der Waals surface area (Å²) in [4.78, 5) is 1.19. The minimum absolute atomic E-state index is 0.0307. The van der Waals surface area contributed by atoms with Crippen LogP contribution in [0.2, 0.25) is 0 Å². The molecule has 55 heavy (non-hydrogen) atoms. The maximum atomic E-state index is 9.65. The molecule has 0 saturated heterocycles. The average molecular weight is 713 g/mol.